The van der Waals surface area contributed by atoms with E-state index in [0.717, 1.165) is 31.4 Å². The van der Waals surface area contributed by atoms with E-state index in [9.17, 15) is 8.42 Å². The van der Waals surface area contributed by atoms with Crippen LogP contribution < -0.4 is 10.0 Å². The number of hydrogen-bond acceptors (Lipinski definition) is 4. The van der Waals surface area contributed by atoms with E-state index in [1.807, 2.05) is 26.1 Å². The zero-order chi connectivity index (χ0) is 15.3. The Kier molecular flexibility index (Phi) is 5.37. The minimum Gasteiger partial charge on any atom is -0.374 e. The van der Waals surface area contributed by atoms with Crippen LogP contribution in [0.1, 0.15) is 25.3 Å². The van der Waals surface area contributed by atoms with E-state index in [-0.39, 0.29) is 5.60 Å². The van der Waals surface area contributed by atoms with E-state index < -0.39 is 10.0 Å². The molecule has 1 unspecified atom stereocenters. The molecule has 118 valence electrons. The van der Waals surface area contributed by atoms with Crippen LogP contribution in [-0.4, -0.2) is 40.8 Å². The van der Waals surface area contributed by atoms with Crippen LogP contribution in [-0.2, 0) is 21.2 Å². The van der Waals surface area contributed by atoms with Gasteiger partial charge in [-0.1, -0.05) is 12.1 Å². The fraction of sp³-hybridized carbons (Fsp3) is 0.600. The summed E-state index contributed by atoms with van der Waals surface area (Å²) in [7, 11) is -1.57. The molecule has 1 aliphatic heterocycles. The second-order valence-electron chi connectivity index (χ2n) is 5.72. The lowest BCUT2D eigenvalue weighted by Crippen LogP contribution is -2.40. The van der Waals surface area contributed by atoms with Crippen LogP contribution in [0.25, 0.3) is 0 Å². The molecule has 0 bridgehead atoms. The Labute approximate surface area is 127 Å². The second-order valence-corrected chi connectivity index (χ2v) is 7.49. The topological polar surface area (TPSA) is 67.4 Å². The highest BCUT2D eigenvalue weighted by Gasteiger charge is 2.31. The van der Waals surface area contributed by atoms with Crippen LogP contribution in [0.3, 0.4) is 0 Å². The molecule has 1 aromatic carbocycles. The summed E-state index contributed by atoms with van der Waals surface area (Å²) in [5.41, 5.74) is 0.745. The highest BCUT2D eigenvalue weighted by Crippen LogP contribution is 2.24. The van der Waals surface area contributed by atoms with Gasteiger partial charge < -0.3 is 10.1 Å². The van der Waals surface area contributed by atoms with Gasteiger partial charge in [0.15, 0.2) is 0 Å². The summed E-state index contributed by atoms with van der Waals surface area (Å²) in [6.07, 6.45) is 2.76. The number of sulfonamides is 1. The minimum atomic E-state index is -3.47. The lowest BCUT2D eigenvalue weighted by Gasteiger charge is -2.23. The van der Waals surface area contributed by atoms with Crippen LogP contribution >= 0.6 is 0 Å². The molecule has 0 radical (unpaired) electrons. The first kappa shape index (κ1) is 16.4. The third-order valence-electron chi connectivity index (χ3n) is 3.83. The summed E-state index contributed by atoms with van der Waals surface area (Å²) in [4.78, 5) is 0.303. The number of rotatable bonds is 7. The van der Waals surface area contributed by atoms with Crippen molar-refractivity contribution in [3.05, 3.63) is 29.8 Å². The van der Waals surface area contributed by atoms with Crippen LogP contribution in [0, 0.1) is 0 Å². The molecule has 0 aliphatic carbocycles. The summed E-state index contributed by atoms with van der Waals surface area (Å²) in [6.45, 7) is 3.85. The van der Waals surface area contributed by atoms with Gasteiger partial charge in [-0.15, -0.1) is 0 Å². The van der Waals surface area contributed by atoms with Crippen molar-refractivity contribution in [1.29, 1.82) is 0 Å². The molecule has 1 atom stereocenters. The van der Waals surface area contributed by atoms with Gasteiger partial charge in [0, 0.05) is 13.2 Å². The van der Waals surface area contributed by atoms with Crippen molar-refractivity contribution in [1.82, 2.24) is 10.0 Å². The zero-order valence-electron chi connectivity index (χ0n) is 12.7. The highest BCUT2D eigenvalue weighted by atomic mass is 32.2. The van der Waals surface area contributed by atoms with Gasteiger partial charge in [-0.05, 0) is 57.5 Å². The van der Waals surface area contributed by atoms with E-state index in [1.54, 1.807) is 12.1 Å². The molecule has 0 amide bonds. The van der Waals surface area contributed by atoms with Crippen LogP contribution in [0.15, 0.2) is 29.2 Å². The Bertz CT molecular complexity index is 549. The lowest BCUT2D eigenvalue weighted by molar-refractivity contribution is 0.0250. The third kappa shape index (κ3) is 4.51. The van der Waals surface area contributed by atoms with Gasteiger partial charge in [-0.3, -0.25) is 0 Å². The van der Waals surface area contributed by atoms with Gasteiger partial charge in [-0.25, -0.2) is 13.1 Å². The predicted octanol–water partition coefficient (Wildman–Crippen LogP) is 1.30. The minimum absolute atomic E-state index is 0.303. The van der Waals surface area contributed by atoms with Crippen LogP contribution in [0.2, 0.25) is 0 Å². The predicted molar refractivity (Wildman–Crippen MR) is 82.9 cm³/mol. The number of ether oxygens (including phenoxy) is 1. The highest BCUT2D eigenvalue weighted by molar-refractivity contribution is 7.89. The van der Waals surface area contributed by atoms with Crippen molar-refractivity contribution < 1.29 is 13.2 Å². The average Bonchev–Trinajstić information content (AvgIpc) is 2.91. The SMILES string of the molecule is CNCCc1ccc(S(=O)(=O)NCC2(C)CCCO2)cc1. The van der Waals surface area contributed by atoms with Crippen molar-refractivity contribution in [3.8, 4) is 0 Å². The first-order chi connectivity index (χ1) is 9.95. The molecule has 1 heterocycles. The number of benzene rings is 1. The van der Waals surface area contributed by atoms with E-state index in [1.165, 1.54) is 0 Å². The van der Waals surface area contributed by atoms with Gasteiger partial charge in [0.2, 0.25) is 10.0 Å². The summed E-state index contributed by atoms with van der Waals surface area (Å²) >= 11 is 0. The van der Waals surface area contributed by atoms with E-state index >= 15 is 0 Å². The lowest BCUT2D eigenvalue weighted by atomic mass is 10.0. The third-order valence-corrected chi connectivity index (χ3v) is 5.25. The summed E-state index contributed by atoms with van der Waals surface area (Å²) in [6, 6.07) is 7.04. The normalized spacial score (nSPS) is 22.6. The van der Waals surface area contributed by atoms with E-state index in [2.05, 4.69) is 10.0 Å². The Hall–Kier alpha value is -0.950. The fourth-order valence-electron chi connectivity index (χ4n) is 2.41. The maximum absolute atomic E-state index is 12.3. The van der Waals surface area contributed by atoms with Crippen LogP contribution in [0.4, 0.5) is 0 Å². The van der Waals surface area contributed by atoms with Crippen molar-refractivity contribution >= 4 is 10.0 Å². The average molecular weight is 312 g/mol. The standard InChI is InChI=1S/C15H24N2O3S/c1-15(9-3-11-20-15)12-17-21(18,19)14-6-4-13(5-7-14)8-10-16-2/h4-7,16-17H,3,8-12H2,1-2H3. The Morgan fingerprint density at radius 1 is 1.29 bits per heavy atom. The summed E-state index contributed by atoms with van der Waals surface area (Å²) < 4.78 is 32.8. The number of nitrogens with one attached hydrogen (secondary N) is 2. The van der Waals surface area contributed by atoms with Crippen molar-refractivity contribution in [3.63, 3.8) is 0 Å². The number of likely N-dealkylation sites (N-methyl/N-ethyl adjacent to an activating group) is 1. The monoisotopic (exact) mass is 312 g/mol. The quantitative estimate of drug-likeness (QED) is 0.796. The van der Waals surface area contributed by atoms with Gasteiger partial charge in [0.1, 0.15) is 0 Å². The van der Waals surface area contributed by atoms with Crippen molar-refractivity contribution in [2.24, 2.45) is 0 Å². The molecule has 0 aromatic heterocycles. The summed E-state index contributed by atoms with van der Waals surface area (Å²) in [5, 5.41) is 3.07. The first-order valence-electron chi connectivity index (χ1n) is 7.32. The molecule has 1 aromatic rings. The molecule has 2 rings (SSSR count). The molecule has 0 saturated carbocycles. The molecule has 2 N–H and O–H groups in total. The molecule has 5 nitrogen and oxygen atoms in total. The molecule has 0 spiro atoms. The maximum Gasteiger partial charge on any atom is 0.240 e. The molecule has 6 heteroatoms. The fourth-order valence-corrected chi connectivity index (χ4v) is 3.57. The van der Waals surface area contributed by atoms with Crippen LogP contribution in [0.5, 0.6) is 0 Å². The maximum atomic E-state index is 12.3. The second kappa shape index (κ2) is 6.87. The summed E-state index contributed by atoms with van der Waals surface area (Å²) in [5.74, 6) is 0. The van der Waals surface area contributed by atoms with Gasteiger partial charge in [0.25, 0.3) is 0 Å². The number of hydrogen-bond donors (Lipinski definition) is 2. The Morgan fingerprint density at radius 2 is 2.00 bits per heavy atom. The largest absolute Gasteiger partial charge is 0.374 e. The van der Waals surface area contributed by atoms with E-state index in [0.29, 0.717) is 18.0 Å². The molecule has 1 aliphatic rings. The zero-order valence-corrected chi connectivity index (χ0v) is 13.5. The van der Waals surface area contributed by atoms with Gasteiger partial charge >= 0.3 is 0 Å². The molecule has 21 heavy (non-hydrogen) atoms. The first-order valence-corrected chi connectivity index (χ1v) is 8.81. The van der Waals surface area contributed by atoms with Crippen molar-refractivity contribution in [2.45, 2.75) is 36.7 Å². The molecular formula is C15H24N2O3S. The van der Waals surface area contributed by atoms with Crippen molar-refractivity contribution in [2.75, 3.05) is 26.7 Å². The van der Waals surface area contributed by atoms with Gasteiger partial charge in [-0.2, -0.15) is 0 Å². The van der Waals surface area contributed by atoms with E-state index in [4.69, 9.17) is 4.74 Å². The Balaban J connectivity index is 1.98. The Morgan fingerprint density at radius 3 is 2.57 bits per heavy atom. The molecule has 1 fully saturated rings. The smallest absolute Gasteiger partial charge is 0.240 e. The molecular weight excluding hydrogens is 288 g/mol. The van der Waals surface area contributed by atoms with Gasteiger partial charge in [0.05, 0.1) is 10.5 Å². The molecule has 1 saturated heterocycles.